The maximum atomic E-state index is 13.1. The summed E-state index contributed by atoms with van der Waals surface area (Å²) in [5, 5.41) is 0.802. The van der Waals surface area contributed by atoms with Gasteiger partial charge in [-0.15, -0.1) is 11.3 Å². The molecule has 2 aromatic rings. The minimum atomic E-state index is 0.0175. The molecule has 156 valence electrons. The van der Waals surface area contributed by atoms with Gasteiger partial charge in [0.1, 0.15) is 15.5 Å². The molecule has 9 nitrogen and oxygen atoms in total. The van der Waals surface area contributed by atoms with Crippen molar-refractivity contribution < 1.29 is 14.3 Å². The number of morpholine rings is 2. The average molecular weight is 419 g/mol. The smallest absolute Gasteiger partial charge is 0.266 e. The molecule has 3 aliphatic rings. The van der Waals surface area contributed by atoms with Gasteiger partial charge in [-0.25, -0.2) is 4.98 Å². The number of carbonyl (C=O) groups is 1. The van der Waals surface area contributed by atoms with E-state index in [9.17, 15) is 4.79 Å². The summed E-state index contributed by atoms with van der Waals surface area (Å²) in [6.07, 6.45) is 2.10. The summed E-state index contributed by atoms with van der Waals surface area (Å²) >= 11 is 1.39. The van der Waals surface area contributed by atoms with Gasteiger partial charge in [-0.05, 0) is 12.8 Å². The van der Waals surface area contributed by atoms with E-state index in [1.807, 2.05) is 4.90 Å². The lowest BCUT2D eigenvalue weighted by Crippen LogP contribution is -2.39. The number of nitrogens with zero attached hydrogens (tertiary/aromatic N) is 5. The number of hydrogen-bond acceptors (Lipinski definition) is 9. The first-order chi connectivity index (χ1) is 14.2. The van der Waals surface area contributed by atoms with E-state index >= 15 is 0 Å². The molecule has 0 unspecified atom stereocenters. The highest BCUT2D eigenvalue weighted by atomic mass is 32.1. The fourth-order valence-electron chi connectivity index (χ4n) is 4.12. The van der Waals surface area contributed by atoms with Crippen molar-refractivity contribution in [3.8, 4) is 0 Å². The number of ether oxygens (including phenoxy) is 2. The molecule has 29 heavy (non-hydrogen) atoms. The second-order valence-corrected chi connectivity index (χ2v) is 8.57. The Bertz CT molecular complexity index is 901. The van der Waals surface area contributed by atoms with E-state index in [1.54, 1.807) is 0 Å². The van der Waals surface area contributed by atoms with Crippen molar-refractivity contribution in [2.24, 2.45) is 0 Å². The Morgan fingerprint density at radius 3 is 2.17 bits per heavy atom. The lowest BCUT2D eigenvalue weighted by atomic mass is 10.2. The molecular formula is C19H26N6O3S. The maximum absolute atomic E-state index is 13.1. The van der Waals surface area contributed by atoms with E-state index in [1.165, 1.54) is 11.3 Å². The zero-order valence-corrected chi connectivity index (χ0v) is 17.2. The summed E-state index contributed by atoms with van der Waals surface area (Å²) in [5.41, 5.74) is 7.05. The Labute approximate surface area is 173 Å². The standard InChI is InChI=1S/C19H26N6O3S/c20-14-13-16(23-5-9-27-10-6-23)21-19(25-7-11-28-12-8-25)22-17(13)29-15(14)18(26)24-3-1-2-4-24/h1-12,20H2. The number of likely N-dealkylation sites (tertiary alicyclic amines) is 1. The highest BCUT2D eigenvalue weighted by Gasteiger charge is 2.29. The zero-order chi connectivity index (χ0) is 19.8. The van der Waals surface area contributed by atoms with Crippen LogP contribution >= 0.6 is 11.3 Å². The minimum Gasteiger partial charge on any atom is -0.397 e. The van der Waals surface area contributed by atoms with Crippen molar-refractivity contribution in [2.75, 3.05) is 81.2 Å². The lowest BCUT2D eigenvalue weighted by molar-refractivity contribution is 0.0798. The number of nitrogen functional groups attached to an aromatic ring is 1. The van der Waals surface area contributed by atoms with Crippen molar-refractivity contribution in [3.05, 3.63) is 4.88 Å². The fraction of sp³-hybridized carbons (Fsp3) is 0.632. The van der Waals surface area contributed by atoms with Gasteiger partial charge in [0.05, 0.1) is 37.5 Å². The molecular weight excluding hydrogens is 392 g/mol. The minimum absolute atomic E-state index is 0.0175. The molecule has 0 radical (unpaired) electrons. The molecule has 0 saturated carbocycles. The van der Waals surface area contributed by atoms with Gasteiger partial charge in [0.2, 0.25) is 5.95 Å². The first kappa shape index (κ1) is 18.8. The Hall–Kier alpha value is -2.17. The normalized spacial score (nSPS) is 20.6. The largest absolute Gasteiger partial charge is 0.397 e. The highest BCUT2D eigenvalue weighted by Crippen LogP contribution is 2.40. The maximum Gasteiger partial charge on any atom is 0.266 e. The van der Waals surface area contributed by atoms with Crippen molar-refractivity contribution >= 4 is 44.9 Å². The molecule has 5 rings (SSSR count). The predicted molar refractivity (Wildman–Crippen MR) is 113 cm³/mol. The van der Waals surface area contributed by atoms with E-state index in [2.05, 4.69) is 9.80 Å². The van der Waals surface area contributed by atoms with E-state index in [0.29, 0.717) is 42.9 Å². The molecule has 0 spiro atoms. The highest BCUT2D eigenvalue weighted by molar-refractivity contribution is 7.21. The van der Waals surface area contributed by atoms with Crippen LogP contribution in [0.25, 0.3) is 10.2 Å². The van der Waals surface area contributed by atoms with Crippen molar-refractivity contribution in [3.63, 3.8) is 0 Å². The number of anilines is 3. The Morgan fingerprint density at radius 2 is 1.52 bits per heavy atom. The number of rotatable bonds is 3. The molecule has 0 atom stereocenters. The second-order valence-electron chi connectivity index (χ2n) is 7.57. The SMILES string of the molecule is Nc1c(C(=O)N2CCCC2)sc2nc(N3CCOCC3)nc(N3CCOCC3)c12. The van der Waals surface area contributed by atoms with E-state index in [-0.39, 0.29) is 5.91 Å². The first-order valence-corrected chi connectivity index (χ1v) is 11.1. The molecule has 2 N–H and O–H groups in total. The van der Waals surface area contributed by atoms with Crippen LogP contribution in [0.2, 0.25) is 0 Å². The summed E-state index contributed by atoms with van der Waals surface area (Å²) in [4.78, 5) is 30.4. The third-order valence-electron chi connectivity index (χ3n) is 5.75. The summed E-state index contributed by atoms with van der Waals surface area (Å²) in [7, 11) is 0. The molecule has 1 amide bonds. The predicted octanol–water partition coefficient (Wildman–Crippen LogP) is 1.18. The quantitative estimate of drug-likeness (QED) is 0.794. The topological polar surface area (TPSA) is 97.1 Å². The van der Waals surface area contributed by atoms with Crippen LogP contribution in [0.4, 0.5) is 17.5 Å². The molecule has 0 aliphatic carbocycles. The van der Waals surface area contributed by atoms with Gasteiger partial charge in [-0.3, -0.25) is 4.79 Å². The van der Waals surface area contributed by atoms with Crippen LogP contribution < -0.4 is 15.5 Å². The van der Waals surface area contributed by atoms with Gasteiger partial charge in [0.15, 0.2) is 0 Å². The summed E-state index contributed by atoms with van der Waals surface area (Å²) in [6.45, 7) is 7.26. The van der Waals surface area contributed by atoms with Crippen LogP contribution in [0.15, 0.2) is 0 Å². The van der Waals surface area contributed by atoms with Gasteiger partial charge in [0.25, 0.3) is 5.91 Å². The average Bonchev–Trinajstić information content (AvgIpc) is 3.43. The van der Waals surface area contributed by atoms with Crippen LogP contribution in [0, 0.1) is 0 Å². The first-order valence-electron chi connectivity index (χ1n) is 10.3. The molecule has 10 heteroatoms. The van der Waals surface area contributed by atoms with Gasteiger partial charge in [-0.1, -0.05) is 0 Å². The third-order valence-corrected chi connectivity index (χ3v) is 6.84. The Balaban J connectivity index is 1.60. The molecule has 3 aliphatic heterocycles. The molecule has 2 aromatic heterocycles. The van der Waals surface area contributed by atoms with Crippen molar-refractivity contribution in [2.45, 2.75) is 12.8 Å². The van der Waals surface area contributed by atoms with E-state index in [0.717, 1.165) is 68.1 Å². The zero-order valence-electron chi connectivity index (χ0n) is 16.4. The fourth-order valence-corrected chi connectivity index (χ4v) is 5.18. The number of aromatic nitrogens is 2. The number of amides is 1. The van der Waals surface area contributed by atoms with Gasteiger partial charge in [0, 0.05) is 39.3 Å². The van der Waals surface area contributed by atoms with Crippen LogP contribution in [0.1, 0.15) is 22.5 Å². The number of hydrogen-bond donors (Lipinski definition) is 1. The lowest BCUT2D eigenvalue weighted by Gasteiger charge is -2.31. The van der Waals surface area contributed by atoms with Gasteiger partial charge < -0.3 is 29.9 Å². The summed E-state index contributed by atoms with van der Waals surface area (Å²) in [5.74, 6) is 1.52. The van der Waals surface area contributed by atoms with Gasteiger partial charge >= 0.3 is 0 Å². The number of nitrogens with two attached hydrogens (primary N) is 1. The van der Waals surface area contributed by atoms with E-state index in [4.69, 9.17) is 25.2 Å². The van der Waals surface area contributed by atoms with Crippen LogP contribution in [0.3, 0.4) is 0 Å². The second kappa shape index (κ2) is 7.92. The number of carbonyl (C=O) groups excluding carboxylic acids is 1. The Morgan fingerprint density at radius 1 is 0.897 bits per heavy atom. The van der Waals surface area contributed by atoms with E-state index < -0.39 is 0 Å². The molecule has 0 bridgehead atoms. The molecule has 3 saturated heterocycles. The van der Waals surface area contributed by atoms with Crippen molar-refractivity contribution in [1.29, 1.82) is 0 Å². The Kier molecular flexibility index (Phi) is 5.15. The monoisotopic (exact) mass is 418 g/mol. The van der Waals surface area contributed by atoms with Gasteiger partial charge in [-0.2, -0.15) is 4.98 Å². The molecule has 5 heterocycles. The van der Waals surface area contributed by atoms with Crippen LogP contribution in [-0.4, -0.2) is 86.5 Å². The molecule has 0 aromatic carbocycles. The van der Waals surface area contributed by atoms with Crippen LogP contribution in [-0.2, 0) is 9.47 Å². The third kappa shape index (κ3) is 3.49. The number of fused-ring (bicyclic) bond motifs is 1. The van der Waals surface area contributed by atoms with Crippen LogP contribution in [0.5, 0.6) is 0 Å². The molecule has 3 fully saturated rings. The number of thiophene rings is 1. The summed E-state index contributed by atoms with van der Waals surface area (Å²) in [6, 6.07) is 0. The van der Waals surface area contributed by atoms with Crippen molar-refractivity contribution in [1.82, 2.24) is 14.9 Å². The summed E-state index contributed by atoms with van der Waals surface area (Å²) < 4.78 is 11.0.